The molecule has 1 unspecified atom stereocenters. The highest BCUT2D eigenvalue weighted by atomic mass is 19.4. The highest BCUT2D eigenvalue weighted by molar-refractivity contribution is 5.99. The molecule has 0 saturated heterocycles. The van der Waals surface area contributed by atoms with Gasteiger partial charge in [-0.1, -0.05) is 0 Å². The van der Waals surface area contributed by atoms with Crippen molar-refractivity contribution < 1.29 is 22.0 Å². The zero-order valence-corrected chi connectivity index (χ0v) is 18.5. The fraction of sp³-hybridized carbons (Fsp3) is 0.455. The number of aliphatic imine (C=N–C) groups is 1. The van der Waals surface area contributed by atoms with Crippen molar-refractivity contribution in [2.75, 3.05) is 11.9 Å². The van der Waals surface area contributed by atoms with E-state index in [4.69, 9.17) is 0 Å². The molecule has 11 heteroatoms. The third kappa shape index (κ3) is 4.04. The quantitative estimate of drug-likeness (QED) is 0.466. The van der Waals surface area contributed by atoms with E-state index in [1.165, 1.54) is 10.7 Å². The number of hydrogen-bond donors (Lipinski definition) is 1. The molecule has 4 heterocycles. The second-order valence-corrected chi connectivity index (χ2v) is 9.06. The molecule has 0 aliphatic carbocycles. The predicted molar refractivity (Wildman–Crippen MR) is 115 cm³/mol. The summed E-state index contributed by atoms with van der Waals surface area (Å²) in [6.07, 6.45) is -4.13. The van der Waals surface area contributed by atoms with Crippen LogP contribution < -0.4 is 5.32 Å². The molecule has 4 rings (SSSR count). The van der Waals surface area contributed by atoms with Gasteiger partial charge in [0.2, 0.25) is 12.4 Å². The fourth-order valence-corrected chi connectivity index (χ4v) is 3.72. The molecule has 0 bridgehead atoms. The number of nitrogens with one attached hydrogen (secondary N) is 1. The average molecular weight is 466 g/mol. The molecule has 1 aliphatic heterocycles. The maximum Gasteiger partial charge on any atom is 0.395 e. The third-order valence-electron chi connectivity index (χ3n) is 6.19. The van der Waals surface area contributed by atoms with Crippen molar-refractivity contribution in [3.05, 3.63) is 36.3 Å². The van der Waals surface area contributed by atoms with E-state index in [1.54, 1.807) is 38.2 Å². The molecule has 0 amide bonds. The summed E-state index contributed by atoms with van der Waals surface area (Å²) in [6, 6.07) is 5.24. The Bertz CT molecular complexity index is 1230. The monoisotopic (exact) mass is 466 g/mol. The highest BCUT2D eigenvalue weighted by Crippen LogP contribution is 2.43. The van der Waals surface area contributed by atoms with Crippen LogP contribution in [0, 0.1) is 5.41 Å². The largest absolute Gasteiger partial charge is 0.395 e. The Kier molecular flexibility index (Phi) is 5.41. The lowest BCUT2D eigenvalue weighted by molar-refractivity contribution is -0.206. The van der Waals surface area contributed by atoms with Crippen LogP contribution in [0.25, 0.3) is 16.8 Å². The summed E-state index contributed by atoms with van der Waals surface area (Å²) in [5, 5.41) is 6.87. The molecule has 1 atom stereocenters. The number of nitrogens with zero attached hydrogens (tertiary/aromatic N) is 5. The number of anilines is 1. The van der Waals surface area contributed by atoms with E-state index in [-0.39, 0.29) is 18.9 Å². The number of aromatic nitrogens is 4. The van der Waals surface area contributed by atoms with Crippen LogP contribution in [0.5, 0.6) is 0 Å². The average Bonchev–Trinajstić information content (AvgIpc) is 3.23. The lowest BCUT2D eigenvalue weighted by Crippen LogP contribution is -2.38. The van der Waals surface area contributed by atoms with Gasteiger partial charge in [0.25, 0.3) is 0 Å². The smallest absolute Gasteiger partial charge is 0.352 e. The first-order chi connectivity index (χ1) is 15.3. The van der Waals surface area contributed by atoms with Gasteiger partial charge in [0.05, 0.1) is 39.6 Å². The fourth-order valence-electron chi connectivity index (χ4n) is 3.72. The first-order valence-corrected chi connectivity index (χ1v) is 10.3. The van der Waals surface area contributed by atoms with E-state index in [9.17, 15) is 22.0 Å². The van der Waals surface area contributed by atoms with Crippen molar-refractivity contribution >= 4 is 22.9 Å². The van der Waals surface area contributed by atoms with Gasteiger partial charge in [0.1, 0.15) is 0 Å². The van der Waals surface area contributed by atoms with Crippen LogP contribution in [-0.4, -0.2) is 44.4 Å². The minimum Gasteiger partial charge on any atom is -0.352 e. The topological polar surface area (TPSA) is 67.5 Å². The maximum atomic E-state index is 13.3. The molecule has 0 saturated carbocycles. The van der Waals surface area contributed by atoms with Crippen LogP contribution >= 0.6 is 0 Å². The van der Waals surface area contributed by atoms with Gasteiger partial charge in [-0.3, -0.25) is 4.99 Å². The van der Waals surface area contributed by atoms with Crippen LogP contribution in [0.1, 0.15) is 39.8 Å². The Hall–Kier alpha value is -3.11. The van der Waals surface area contributed by atoms with Crippen LogP contribution in [0.2, 0.25) is 0 Å². The molecular weight excluding hydrogens is 443 g/mol. The van der Waals surface area contributed by atoms with Crippen LogP contribution in [-0.2, 0) is 5.41 Å². The Morgan fingerprint density at radius 3 is 2.55 bits per heavy atom. The zero-order valence-electron chi connectivity index (χ0n) is 18.5. The number of halogens is 5. The van der Waals surface area contributed by atoms with Gasteiger partial charge in [-0.2, -0.15) is 13.2 Å². The lowest BCUT2D eigenvalue weighted by atomic mass is 9.80. The zero-order chi connectivity index (χ0) is 24.2. The number of rotatable bonds is 6. The number of pyridine rings is 1. The molecule has 176 valence electrons. The van der Waals surface area contributed by atoms with Gasteiger partial charge in [-0.25, -0.2) is 23.3 Å². The summed E-state index contributed by atoms with van der Waals surface area (Å²) in [5.74, 6) is 0.0532. The first-order valence-electron chi connectivity index (χ1n) is 10.3. The summed E-state index contributed by atoms with van der Waals surface area (Å²) in [6.45, 7) is 5.24. The molecule has 0 aromatic carbocycles. The van der Waals surface area contributed by atoms with Crippen LogP contribution in [0.4, 0.5) is 33.6 Å². The van der Waals surface area contributed by atoms with Crippen molar-refractivity contribution in [3.63, 3.8) is 0 Å². The van der Waals surface area contributed by atoms with Crippen molar-refractivity contribution in [2.45, 2.75) is 52.1 Å². The Balaban J connectivity index is 1.64. The molecule has 3 aromatic rings. The third-order valence-corrected chi connectivity index (χ3v) is 6.19. The normalized spacial score (nSPS) is 18.7. The second kappa shape index (κ2) is 7.74. The maximum absolute atomic E-state index is 13.3. The second-order valence-electron chi connectivity index (χ2n) is 9.06. The highest BCUT2D eigenvalue weighted by Gasteiger charge is 2.47. The van der Waals surface area contributed by atoms with Gasteiger partial charge in [-0.05, 0) is 45.9 Å². The molecule has 3 aromatic heterocycles. The lowest BCUT2D eigenvalue weighted by Gasteiger charge is -2.27. The molecule has 1 N–H and O–H groups in total. The van der Waals surface area contributed by atoms with E-state index in [1.807, 2.05) is 0 Å². The number of hydrogen-bond acceptors (Lipinski definition) is 5. The van der Waals surface area contributed by atoms with E-state index in [0.717, 1.165) is 13.8 Å². The van der Waals surface area contributed by atoms with Crippen molar-refractivity contribution in [3.8, 4) is 11.3 Å². The standard InChI is InChI=1S/C22H23F5N6/c1-12-21(4,9-17(23)24)18-15(30-12)6-5-14(31-18)13-7-8-33-16(13)10-28-19(32-33)29-11-20(2,3)22(25,26)27/h5-8,10,17H,9,11H2,1-4H3,(H,29,32). The molecule has 0 fully saturated rings. The van der Waals surface area contributed by atoms with E-state index >= 15 is 0 Å². The van der Waals surface area contributed by atoms with Crippen LogP contribution in [0.15, 0.2) is 35.6 Å². The van der Waals surface area contributed by atoms with E-state index in [0.29, 0.717) is 33.9 Å². The molecule has 0 spiro atoms. The van der Waals surface area contributed by atoms with E-state index in [2.05, 4.69) is 25.4 Å². The summed E-state index contributed by atoms with van der Waals surface area (Å²) >= 11 is 0. The number of alkyl halides is 5. The summed E-state index contributed by atoms with van der Waals surface area (Å²) in [4.78, 5) is 13.2. The Morgan fingerprint density at radius 1 is 1.15 bits per heavy atom. The molecule has 33 heavy (non-hydrogen) atoms. The van der Waals surface area contributed by atoms with Crippen LogP contribution in [0.3, 0.4) is 0 Å². The van der Waals surface area contributed by atoms with Crippen molar-refractivity contribution in [1.82, 2.24) is 19.6 Å². The summed E-state index contributed by atoms with van der Waals surface area (Å²) in [5.41, 5.74) is 0.525. The predicted octanol–water partition coefficient (Wildman–Crippen LogP) is 5.81. The SMILES string of the molecule is CC1=Nc2ccc(-c3ccn4nc(NCC(C)(C)C(F)(F)F)ncc34)nc2C1(C)CC(F)F. The van der Waals surface area contributed by atoms with Gasteiger partial charge in [0.15, 0.2) is 0 Å². The first kappa shape index (κ1) is 23.1. The van der Waals surface area contributed by atoms with Crippen molar-refractivity contribution in [2.24, 2.45) is 10.4 Å². The van der Waals surface area contributed by atoms with Gasteiger partial charge in [-0.15, -0.1) is 5.10 Å². The molecular formula is C22H23F5N6. The molecule has 0 radical (unpaired) electrons. The summed E-state index contributed by atoms with van der Waals surface area (Å²) in [7, 11) is 0. The molecule has 1 aliphatic rings. The minimum atomic E-state index is -4.37. The van der Waals surface area contributed by atoms with E-state index < -0.39 is 23.4 Å². The van der Waals surface area contributed by atoms with Gasteiger partial charge >= 0.3 is 6.18 Å². The van der Waals surface area contributed by atoms with Crippen molar-refractivity contribution in [1.29, 1.82) is 0 Å². The Labute approximate surface area is 187 Å². The van der Waals surface area contributed by atoms with Gasteiger partial charge in [0, 0.05) is 30.4 Å². The Morgan fingerprint density at radius 2 is 1.88 bits per heavy atom. The van der Waals surface area contributed by atoms with Gasteiger partial charge < -0.3 is 5.32 Å². The summed E-state index contributed by atoms with van der Waals surface area (Å²) < 4.78 is 67.2. The minimum absolute atomic E-state index is 0.0532. The molecule has 6 nitrogen and oxygen atoms in total. The number of fused-ring (bicyclic) bond motifs is 2.